The van der Waals surface area contributed by atoms with E-state index in [0.29, 0.717) is 16.5 Å². The van der Waals surface area contributed by atoms with Crippen molar-refractivity contribution in [3.05, 3.63) is 23.2 Å². The van der Waals surface area contributed by atoms with Gasteiger partial charge >= 0.3 is 12.0 Å². The molecule has 1 aromatic carbocycles. The highest BCUT2D eigenvalue weighted by atomic mass is 35.5. The number of hydrogen-bond acceptors (Lipinski definition) is 4. The SMILES string of the molecule is COCC(NC(=O)Nc1cc(OC)ccc1Cl)C(=O)O. The molecule has 20 heavy (non-hydrogen) atoms. The number of methoxy groups -OCH3 is 2. The van der Waals surface area contributed by atoms with Gasteiger partial charge in [0.25, 0.3) is 0 Å². The molecule has 2 amide bonds. The number of nitrogens with one attached hydrogen (secondary N) is 2. The molecule has 0 aliphatic carbocycles. The molecule has 1 atom stereocenters. The topological polar surface area (TPSA) is 96.9 Å². The number of amides is 2. The van der Waals surface area contributed by atoms with Crippen LogP contribution in [0.15, 0.2) is 18.2 Å². The molecule has 0 aliphatic rings. The molecule has 1 rings (SSSR count). The van der Waals surface area contributed by atoms with Crippen LogP contribution in [0.3, 0.4) is 0 Å². The molecule has 0 spiro atoms. The normalized spacial score (nSPS) is 11.6. The molecule has 0 saturated heterocycles. The number of urea groups is 1. The molecule has 0 saturated carbocycles. The molecule has 1 aromatic rings. The Kier molecular flexibility index (Phi) is 6.08. The third-order valence-corrected chi connectivity index (χ3v) is 2.69. The first-order valence-electron chi connectivity index (χ1n) is 5.60. The number of carboxylic acid groups (broad SMARTS) is 1. The van der Waals surface area contributed by atoms with Gasteiger partial charge in [-0.1, -0.05) is 11.6 Å². The molecule has 0 aromatic heterocycles. The molecule has 3 N–H and O–H groups in total. The van der Waals surface area contributed by atoms with Crippen molar-refractivity contribution in [2.24, 2.45) is 0 Å². The van der Waals surface area contributed by atoms with Crippen LogP contribution in [-0.4, -0.2) is 44.0 Å². The van der Waals surface area contributed by atoms with E-state index in [2.05, 4.69) is 10.6 Å². The zero-order valence-corrected chi connectivity index (χ0v) is 11.7. The Morgan fingerprint density at radius 2 is 2.10 bits per heavy atom. The van der Waals surface area contributed by atoms with E-state index >= 15 is 0 Å². The summed E-state index contributed by atoms with van der Waals surface area (Å²) < 4.78 is 9.71. The van der Waals surface area contributed by atoms with E-state index in [-0.39, 0.29) is 6.61 Å². The van der Waals surface area contributed by atoms with Crippen molar-refractivity contribution >= 4 is 29.3 Å². The van der Waals surface area contributed by atoms with Gasteiger partial charge in [0.05, 0.1) is 24.4 Å². The van der Waals surface area contributed by atoms with E-state index in [0.717, 1.165) is 0 Å². The summed E-state index contributed by atoms with van der Waals surface area (Å²) in [7, 11) is 2.82. The number of carbonyl (C=O) groups excluding carboxylic acids is 1. The highest BCUT2D eigenvalue weighted by Crippen LogP contribution is 2.26. The van der Waals surface area contributed by atoms with Crippen LogP contribution < -0.4 is 15.4 Å². The highest BCUT2D eigenvalue weighted by Gasteiger charge is 2.20. The van der Waals surface area contributed by atoms with Crippen molar-refractivity contribution in [3.8, 4) is 5.75 Å². The zero-order chi connectivity index (χ0) is 15.1. The van der Waals surface area contributed by atoms with E-state index in [1.165, 1.54) is 20.3 Å². The van der Waals surface area contributed by atoms with Gasteiger partial charge in [0.15, 0.2) is 6.04 Å². The zero-order valence-electron chi connectivity index (χ0n) is 11.0. The summed E-state index contributed by atoms with van der Waals surface area (Å²) in [6, 6.07) is 2.86. The number of rotatable bonds is 6. The number of aliphatic carboxylic acids is 1. The van der Waals surface area contributed by atoms with E-state index in [9.17, 15) is 9.59 Å². The molecular weight excluding hydrogens is 288 g/mol. The maximum Gasteiger partial charge on any atom is 0.328 e. The molecule has 7 nitrogen and oxygen atoms in total. The third kappa shape index (κ3) is 4.60. The standard InChI is InChI=1S/C12H15ClN2O5/c1-19-6-10(11(16)17)15-12(18)14-9-5-7(20-2)3-4-8(9)13/h3-5,10H,6H2,1-2H3,(H,16,17)(H2,14,15,18). The Morgan fingerprint density at radius 3 is 2.65 bits per heavy atom. The predicted molar refractivity (Wildman–Crippen MR) is 73.5 cm³/mol. The second kappa shape index (κ2) is 7.56. The first-order valence-corrected chi connectivity index (χ1v) is 5.98. The lowest BCUT2D eigenvalue weighted by Gasteiger charge is -2.15. The van der Waals surface area contributed by atoms with Crippen LogP contribution >= 0.6 is 11.6 Å². The summed E-state index contributed by atoms with van der Waals surface area (Å²) in [6.07, 6.45) is 0. The number of benzene rings is 1. The van der Waals surface area contributed by atoms with Gasteiger partial charge in [-0.05, 0) is 12.1 Å². The molecule has 0 fully saturated rings. The Morgan fingerprint density at radius 1 is 1.40 bits per heavy atom. The van der Waals surface area contributed by atoms with E-state index in [1.54, 1.807) is 12.1 Å². The summed E-state index contributed by atoms with van der Waals surface area (Å²) in [5.74, 6) is -0.685. The maximum atomic E-state index is 11.7. The quantitative estimate of drug-likeness (QED) is 0.741. The number of anilines is 1. The lowest BCUT2D eigenvalue weighted by molar-refractivity contribution is -0.140. The minimum absolute atomic E-state index is 0.144. The van der Waals surface area contributed by atoms with Crippen LogP contribution in [-0.2, 0) is 9.53 Å². The van der Waals surface area contributed by atoms with Crippen molar-refractivity contribution in [2.75, 3.05) is 26.1 Å². The molecule has 8 heteroatoms. The van der Waals surface area contributed by atoms with Crippen molar-refractivity contribution in [3.63, 3.8) is 0 Å². The van der Waals surface area contributed by atoms with Gasteiger partial charge in [0, 0.05) is 13.2 Å². The minimum atomic E-state index is -1.20. The van der Waals surface area contributed by atoms with E-state index in [1.807, 2.05) is 0 Å². The summed E-state index contributed by atoms with van der Waals surface area (Å²) in [5.41, 5.74) is 0.310. The molecule has 0 aliphatic heterocycles. The van der Waals surface area contributed by atoms with Crippen LogP contribution in [0.5, 0.6) is 5.75 Å². The fourth-order valence-electron chi connectivity index (χ4n) is 1.39. The maximum absolute atomic E-state index is 11.7. The Hall–Kier alpha value is -1.99. The fraction of sp³-hybridized carbons (Fsp3) is 0.333. The van der Waals surface area contributed by atoms with Gasteiger partial charge in [-0.2, -0.15) is 0 Å². The Bertz CT molecular complexity index is 495. The first-order chi connectivity index (χ1) is 9.47. The van der Waals surface area contributed by atoms with Crippen LogP contribution in [0, 0.1) is 0 Å². The van der Waals surface area contributed by atoms with Gasteiger partial charge in [-0.15, -0.1) is 0 Å². The lowest BCUT2D eigenvalue weighted by Crippen LogP contribution is -2.45. The number of carbonyl (C=O) groups is 2. The van der Waals surface area contributed by atoms with Gasteiger partial charge in [0.1, 0.15) is 5.75 Å². The van der Waals surface area contributed by atoms with Crippen LogP contribution in [0.1, 0.15) is 0 Å². The average molecular weight is 303 g/mol. The lowest BCUT2D eigenvalue weighted by atomic mass is 10.3. The Labute approximate surface area is 120 Å². The van der Waals surface area contributed by atoms with Crippen LogP contribution in [0.25, 0.3) is 0 Å². The number of halogens is 1. The minimum Gasteiger partial charge on any atom is -0.497 e. The average Bonchev–Trinajstić information content (AvgIpc) is 2.40. The van der Waals surface area contributed by atoms with Crippen molar-refractivity contribution in [1.82, 2.24) is 5.32 Å². The Balaban J connectivity index is 2.72. The molecular formula is C12H15ClN2O5. The van der Waals surface area contributed by atoms with Gasteiger partial charge < -0.3 is 25.2 Å². The largest absolute Gasteiger partial charge is 0.497 e. The molecule has 0 radical (unpaired) electrons. The molecule has 0 heterocycles. The van der Waals surface area contributed by atoms with Crippen molar-refractivity contribution in [2.45, 2.75) is 6.04 Å². The fourth-order valence-corrected chi connectivity index (χ4v) is 1.55. The van der Waals surface area contributed by atoms with E-state index < -0.39 is 18.0 Å². The number of carboxylic acids is 1. The second-order valence-electron chi connectivity index (χ2n) is 3.79. The van der Waals surface area contributed by atoms with Crippen molar-refractivity contribution < 1.29 is 24.2 Å². The van der Waals surface area contributed by atoms with Gasteiger partial charge in [-0.3, -0.25) is 0 Å². The summed E-state index contributed by atoms with van der Waals surface area (Å²) >= 11 is 5.92. The van der Waals surface area contributed by atoms with Crippen LogP contribution in [0.2, 0.25) is 5.02 Å². The molecule has 110 valence electrons. The summed E-state index contributed by atoms with van der Waals surface area (Å²) in [6.45, 7) is -0.144. The summed E-state index contributed by atoms with van der Waals surface area (Å²) in [5, 5.41) is 13.9. The molecule has 1 unspecified atom stereocenters. The summed E-state index contributed by atoms with van der Waals surface area (Å²) in [4.78, 5) is 22.6. The number of hydrogen-bond donors (Lipinski definition) is 3. The highest BCUT2D eigenvalue weighted by molar-refractivity contribution is 6.33. The second-order valence-corrected chi connectivity index (χ2v) is 4.20. The van der Waals surface area contributed by atoms with Crippen LogP contribution in [0.4, 0.5) is 10.5 Å². The van der Waals surface area contributed by atoms with E-state index in [4.69, 9.17) is 26.2 Å². The monoisotopic (exact) mass is 302 g/mol. The predicted octanol–water partition coefficient (Wildman–Crippen LogP) is 1.57. The van der Waals surface area contributed by atoms with Gasteiger partial charge in [-0.25, -0.2) is 9.59 Å². The molecule has 0 bridgehead atoms. The van der Waals surface area contributed by atoms with Gasteiger partial charge in [0.2, 0.25) is 0 Å². The van der Waals surface area contributed by atoms with Crippen molar-refractivity contribution in [1.29, 1.82) is 0 Å². The smallest absolute Gasteiger partial charge is 0.328 e. The first kappa shape index (κ1) is 16.1. The third-order valence-electron chi connectivity index (χ3n) is 2.36. The number of ether oxygens (including phenoxy) is 2.